The Bertz CT molecular complexity index is 1020. The second-order valence-electron chi connectivity index (χ2n) is 7.85. The van der Waals surface area contributed by atoms with E-state index in [1.165, 1.54) is 19.3 Å². The number of aromatic nitrogens is 3. The molecule has 2 aromatic heterocycles. The Morgan fingerprint density at radius 2 is 1.94 bits per heavy atom. The summed E-state index contributed by atoms with van der Waals surface area (Å²) in [5, 5.41) is 3.94. The molecule has 3 rings (SSSR count). The van der Waals surface area contributed by atoms with Gasteiger partial charge in [-0.15, -0.1) is 0 Å². The first-order valence-corrected chi connectivity index (χ1v) is 10.2. The summed E-state index contributed by atoms with van der Waals surface area (Å²) in [6, 6.07) is 3.28. The number of halogens is 5. The van der Waals surface area contributed by atoms with E-state index < -0.39 is 48.4 Å². The highest BCUT2D eigenvalue weighted by Crippen LogP contribution is 2.32. The zero-order valence-corrected chi connectivity index (χ0v) is 17.4. The van der Waals surface area contributed by atoms with Crippen LogP contribution in [0.25, 0.3) is 0 Å². The number of alkyl halides is 5. The largest absolute Gasteiger partial charge is 0.418 e. The summed E-state index contributed by atoms with van der Waals surface area (Å²) in [7, 11) is 1.17. The molecule has 0 radical (unpaired) electrons. The van der Waals surface area contributed by atoms with Crippen molar-refractivity contribution in [3.05, 3.63) is 57.3 Å². The third kappa shape index (κ3) is 5.49. The Morgan fingerprint density at radius 3 is 2.56 bits per heavy atom. The zero-order valence-electron chi connectivity index (χ0n) is 17.4. The average Bonchev–Trinajstić information content (AvgIpc) is 2.74. The minimum Gasteiger partial charge on any atom is -0.335 e. The Labute approximate surface area is 181 Å². The van der Waals surface area contributed by atoms with Crippen molar-refractivity contribution in [2.75, 3.05) is 13.6 Å². The lowest BCUT2D eigenvalue weighted by Gasteiger charge is -2.23. The van der Waals surface area contributed by atoms with Gasteiger partial charge in [-0.25, -0.2) is 13.5 Å². The summed E-state index contributed by atoms with van der Waals surface area (Å²) in [5.41, 5.74) is -2.05. The Hall–Kier alpha value is -2.85. The van der Waals surface area contributed by atoms with E-state index in [2.05, 4.69) is 10.1 Å². The summed E-state index contributed by atoms with van der Waals surface area (Å²) in [5.74, 6) is -1.02. The normalized spacial score (nSPS) is 15.2. The maximum absolute atomic E-state index is 13.4. The molecule has 1 aliphatic rings. The van der Waals surface area contributed by atoms with Gasteiger partial charge in [-0.1, -0.05) is 19.3 Å². The number of rotatable bonds is 6. The number of amides is 1. The molecule has 1 saturated carbocycles. The van der Waals surface area contributed by atoms with Crippen molar-refractivity contribution < 1.29 is 26.7 Å². The first-order chi connectivity index (χ1) is 15.1. The van der Waals surface area contributed by atoms with Crippen LogP contribution in [0.1, 0.15) is 65.3 Å². The smallest absolute Gasteiger partial charge is 0.335 e. The van der Waals surface area contributed by atoms with Gasteiger partial charge in [-0.3, -0.25) is 14.6 Å². The molecule has 0 aromatic carbocycles. The highest BCUT2D eigenvalue weighted by molar-refractivity contribution is 5.92. The van der Waals surface area contributed by atoms with Crippen LogP contribution in [0, 0.1) is 0 Å². The van der Waals surface area contributed by atoms with Gasteiger partial charge in [0.15, 0.2) is 0 Å². The van der Waals surface area contributed by atoms with Gasteiger partial charge in [-0.2, -0.15) is 18.3 Å². The fraction of sp³-hybridized carbons (Fsp3) is 0.524. The molecule has 1 fully saturated rings. The van der Waals surface area contributed by atoms with E-state index in [0.29, 0.717) is 12.8 Å². The molecule has 1 aliphatic carbocycles. The summed E-state index contributed by atoms with van der Waals surface area (Å²) in [4.78, 5) is 30.3. The fourth-order valence-electron chi connectivity index (χ4n) is 3.93. The molecule has 11 heteroatoms. The Balaban J connectivity index is 2.07. The van der Waals surface area contributed by atoms with Crippen LogP contribution in [0.3, 0.4) is 0 Å². The summed E-state index contributed by atoms with van der Waals surface area (Å²) in [6.45, 7) is -1.44. The molecule has 174 valence electrons. The molecule has 2 aromatic rings. The maximum atomic E-state index is 13.4. The lowest BCUT2D eigenvalue weighted by atomic mass is 9.84. The molecule has 0 N–H and O–H groups in total. The highest BCUT2D eigenvalue weighted by atomic mass is 19.4. The van der Waals surface area contributed by atoms with Crippen LogP contribution >= 0.6 is 0 Å². The minimum absolute atomic E-state index is 0.178. The average molecular weight is 458 g/mol. The van der Waals surface area contributed by atoms with Gasteiger partial charge in [0.25, 0.3) is 17.9 Å². The number of carbonyl (C=O) groups is 1. The maximum Gasteiger partial charge on any atom is 0.418 e. The van der Waals surface area contributed by atoms with Crippen molar-refractivity contribution in [1.82, 2.24) is 19.7 Å². The lowest BCUT2D eigenvalue weighted by molar-refractivity contribution is -0.138. The van der Waals surface area contributed by atoms with Crippen molar-refractivity contribution in [3.8, 4) is 0 Å². The second-order valence-corrected chi connectivity index (χ2v) is 7.85. The zero-order chi connectivity index (χ0) is 23.5. The van der Waals surface area contributed by atoms with E-state index in [0.717, 1.165) is 41.0 Å². The van der Waals surface area contributed by atoms with Crippen molar-refractivity contribution in [3.63, 3.8) is 0 Å². The molecule has 0 bridgehead atoms. The Kier molecular flexibility index (Phi) is 7.25. The van der Waals surface area contributed by atoms with Crippen molar-refractivity contribution >= 4 is 5.91 Å². The molecular formula is C21H23F5N4O2. The fourth-order valence-corrected chi connectivity index (χ4v) is 3.93. The van der Waals surface area contributed by atoms with Crippen LogP contribution in [0.2, 0.25) is 0 Å². The number of carbonyl (C=O) groups excluding carboxylic acids is 1. The van der Waals surface area contributed by atoms with Gasteiger partial charge in [0.05, 0.1) is 24.3 Å². The quantitative estimate of drug-likeness (QED) is 0.612. The molecule has 6 nitrogen and oxygen atoms in total. The van der Waals surface area contributed by atoms with E-state index in [1.54, 1.807) is 0 Å². The third-order valence-electron chi connectivity index (χ3n) is 5.52. The van der Waals surface area contributed by atoms with Crippen LogP contribution in [0.4, 0.5) is 22.0 Å². The van der Waals surface area contributed by atoms with Crippen LogP contribution in [-0.2, 0) is 12.7 Å². The summed E-state index contributed by atoms with van der Waals surface area (Å²) < 4.78 is 66.4. The molecule has 0 saturated heterocycles. The SMILES string of the molecule is CN(CC(F)F)C(=O)c1cc(C2CCCCC2)c(=O)n(Cc2ncccc2C(F)(F)F)n1. The van der Waals surface area contributed by atoms with E-state index in [-0.39, 0.29) is 17.2 Å². The molecule has 0 spiro atoms. The van der Waals surface area contributed by atoms with Crippen LogP contribution in [0.5, 0.6) is 0 Å². The monoisotopic (exact) mass is 458 g/mol. The Morgan fingerprint density at radius 1 is 1.25 bits per heavy atom. The number of hydrogen-bond donors (Lipinski definition) is 0. The van der Waals surface area contributed by atoms with Gasteiger partial charge < -0.3 is 4.90 Å². The van der Waals surface area contributed by atoms with Gasteiger partial charge in [-0.05, 0) is 37.0 Å². The first-order valence-electron chi connectivity index (χ1n) is 10.2. The first kappa shape index (κ1) is 23.8. The molecule has 0 unspecified atom stereocenters. The topological polar surface area (TPSA) is 68.1 Å². The molecule has 32 heavy (non-hydrogen) atoms. The third-order valence-corrected chi connectivity index (χ3v) is 5.52. The van der Waals surface area contributed by atoms with Crippen LogP contribution < -0.4 is 5.56 Å². The molecule has 0 aliphatic heterocycles. The lowest BCUT2D eigenvalue weighted by Crippen LogP contribution is -2.36. The predicted molar refractivity (Wildman–Crippen MR) is 106 cm³/mol. The van der Waals surface area contributed by atoms with Crippen LogP contribution in [-0.4, -0.2) is 45.6 Å². The molecule has 2 heterocycles. The van der Waals surface area contributed by atoms with Crippen molar-refractivity contribution in [2.24, 2.45) is 0 Å². The van der Waals surface area contributed by atoms with Gasteiger partial charge in [0.1, 0.15) is 5.69 Å². The molecular weight excluding hydrogens is 435 g/mol. The van der Waals surface area contributed by atoms with E-state index in [4.69, 9.17) is 0 Å². The number of hydrogen-bond acceptors (Lipinski definition) is 4. The molecule has 0 atom stereocenters. The van der Waals surface area contributed by atoms with Gasteiger partial charge >= 0.3 is 6.18 Å². The van der Waals surface area contributed by atoms with E-state index >= 15 is 0 Å². The summed E-state index contributed by atoms with van der Waals surface area (Å²) >= 11 is 0. The van der Waals surface area contributed by atoms with E-state index in [1.807, 2.05) is 0 Å². The van der Waals surface area contributed by atoms with Crippen LogP contribution in [0.15, 0.2) is 29.2 Å². The van der Waals surface area contributed by atoms with Gasteiger partial charge in [0, 0.05) is 18.8 Å². The van der Waals surface area contributed by atoms with Gasteiger partial charge in [0.2, 0.25) is 0 Å². The van der Waals surface area contributed by atoms with E-state index in [9.17, 15) is 31.5 Å². The predicted octanol–water partition coefficient (Wildman–Crippen LogP) is 4.09. The van der Waals surface area contributed by atoms with Crippen molar-refractivity contribution in [2.45, 2.75) is 57.2 Å². The molecule has 1 amide bonds. The standard InChI is InChI=1S/C21H23F5N4O2/c1-29(12-18(22)23)20(32)16-10-14(13-6-3-2-4-7-13)19(31)30(28-16)11-17-15(21(24,25)26)8-5-9-27-17/h5,8-10,13,18H,2-4,6-7,11-12H2,1H3. The van der Waals surface area contributed by atoms with Crippen molar-refractivity contribution in [1.29, 1.82) is 0 Å². The minimum atomic E-state index is -4.69. The number of nitrogens with zero attached hydrogens (tertiary/aromatic N) is 4. The highest BCUT2D eigenvalue weighted by Gasteiger charge is 2.34. The summed E-state index contributed by atoms with van der Waals surface area (Å²) in [6.07, 6.45) is -2.15. The second kappa shape index (κ2) is 9.74. The number of pyridine rings is 1.